The lowest BCUT2D eigenvalue weighted by atomic mass is 9.95. The van der Waals surface area contributed by atoms with Crippen LogP contribution in [0.2, 0.25) is 0 Å². The first-order valence-electron chi connectivity index (χ1n) is 30.6. The van der Waals surface area contributed by atoms with Gasteiger partial charge in [0.1, 0.15) is 41.8 Å². The highest BCUT2D eigenvalue weighted by Gasteiger charge is 2.43. The van der Waals surface area contributed by atoms with Gasteiger partial charge < -0.3 is 60.3 Å². The minimum Gasteiger partial charge on any atom is -0.371 e. The van der Waals surface area contributed by atoms with Crippen molar-refractivity contribution in [1.82, 2.24) is 55.6 Å². The molecule has 4 N–H and O–H groups in total. The van der Waals surface area contributed by atoms with Crippen LogP contribution in [0.15, 0.2) is 54.6 Å². The summed E-state index contributed by atoms with van der Waals surface area (Å²) >= 11 is 0. The molecule has 26 heteroatoms. The quantitative estimate of drug-likeness (QED) is 0.223. The number of nitrogens with one attached hydrogen (secondary N) is 4. The van der Waals surface area contributed by atoms with E-state index in [4.69, 9.17) is 4.74 Å². The molecule has 0 unspecified atom stereocenters. The maximum atomic E-state index is 14.9. The number of nitrogens with zero attached hydrogens (tertiary/aromatic N) is 7. The number of carbonyl (C=O) groups excluding carboxylic acids is 11. The van der Waals surface area contributed by atoms with Crippen LogP contribution < -0.4 is 21.3 Å². The number of likely N-dealkylation sites (N-methyl/N-ethyl adjacent to an activating group) is 7. The first-order chi connectivity index (χ1) is 41.7. The maximum absolute atomic E-state index is 14.9. The number of carbonyl (C=O) groups is 11. The number of amides is 11. The first kappa shape index (κ1) is 76.6. The summed E-state index contributed by atoms with van der Waals surface area (Å²) in [5.41, 5.74) is -1.53. The lowest BCUT2D eigenvalue weighted by Gasteiger charge is -2.38. The highest BCUT2D eigenvalue weighted by Crippen LogP contribution is 2.30. The molecule has 0 saturated carbocycles. The van der Waals surface area contributed by atoms with Crippen molar-refractivity contribution in [3.05, 3.63) is 71.3 Å². The van der Waals surface area contributed by atoms with E-state index < -0.39 is 156 Å². The van der Waals surface area contributed by atoms with Gasteiger partial charge in [0.25, 0.3) is 0 Å². The minimum atomic E-state index is -4.63. The zero-order valence-electron chi connectivity index (χ0n) is 55.8. The van der Waals surface area contributed by atoms with E-state index in [9.17, 15) is 65.9 Å². The molecule has 9 atom stereocenters. The van der Waals surface area contributed by atoms with E-state index in [1.807, 2.05) is 13.8 Å². The molecule has 502 valence electrons. The highest BCUT2D eigenvalue weighted by atomic mass is 19.4. The maximum Gasteiger partial charge on any atom is 0.416 e. The van der Waals surface area contributed by atoms with Crippen LogP contribution in [0.25, 0.3) is 0 Å². The highest BCUT2D eigenvalue weighted by molar-refractivity contribution is 5.98. The fourth-order valence-corrected chi connectivity index (χ4v) is 10.3. The van der Waals surface area contributed by atoms with E-state index in [0.29, 0.717) is 12.0 Å². The number of rotatable bonds is 13. The van der Waals surface area contributed by atoms with Gasteiger partial charge in [0.15, 0.2) is 0 Å². The fourth-order valence-electron chi connectivity index (χ4n) is 10.3. The summed E-state index contributed by atoms with van der Waals surface area (Å²) in [5, 5.41) is 11.0. The standard InChI is InChI=1S/C64H98F3N11O12/c1-19-40(6)54-60(87)74(14)35-52(81)72(12)36-53(82)78(18)55(43(9)90-37-45-23-21-20-22-24-45)61(88)73(13)34-50(79)69-47(30-27-44-25-28-46(29-26-44)64(65,66)67)59(86)76(16)49(32-39(4)5)58(85)71-63(10,11)62(89)77(17)48(31-38(2)3)57(84)68-41(7)33-51(80)75(15)42(8)56(83)70-54/h20-26,28-29,38-43,47-49,54-55H,19,27,30-37H2,1-18H3,(H,68,84)(H,69,79)(H,70,83)(H,71,85)/t40-,41+,42-,43+,47-,48-,49+,54-,55-/m0/s1. The normalized spacial score (nSPS) is 24.1. The molecule has 0 radical (unpaired) electrons. The molecule has 23 nitrogen and oxygen atoms in total. The van der Waals surface area contributed by atoms with Gasteiger partial charge in [0, 0.05) is 61.8 Å². The molecule has 1 heterocycles. The Morgan fingerprint density at radius 3 is 1.68 bits per heavy atom. The summed E-state index contributed by atoms with van der Waals surface area (Å²) < 4.78 is 47.0. The van der Waals surface area contributed by atoms with Gasteiger partial charge in [-0.05, 0) is 101 Å². The lowest BCUT2D eigenvalue weighted by molar-refractivity contribution is -0.153. The molecule has 1 aliphatic rings. The second-order valence-electron chi connectivity index (χ2n) is 25.4. The molecule has 1 saturated heterocycles. The van der Waals surface area contributed by atoms with Crippen molar-refractivity contribution in [2.24, 2.45) is 17.8 Å². The summed E-state index contributed by atoms with van der Waals surface area (Å²) in [4.78, 5) is 165. The average molecular weight is 1270 g/mol. The summed E-state index contributed by atoms with van der Waals surface area (Å²) in [6.45, 7) is 16.4. The van der Waals surface area contributed by atoms with Gasteiger partial charge in [-0.2, -0.15) is 13.2 Å². The van der Waals surface area contributed by atoms with Gasteiger partial charge in [-0.15, -0.1) is 0 Å². The van der Waals surface area contributed by atoms with Crippen LogP contribution in [0.4, 0.5) is 13.2 Å². The molecule has 90 heavy (non-hydrogen) atoms. The van der Waals surface area contributed by atoms with Gasteiger partial charge in [0.2, 0.25) is 65.0 Å². The second kappa shape index (κ2) is 34.0. The summed E-state index contributed by atoms with van der Waals surface area (Å²) in [5.74, 6) is -8.70. The number of hydrogen-bond donors (Lipinski definition) is 4. The molecule has 1 fully saturated rings. The average Bonchev–Trinajstić information content (AvgIpc) is 1.02. The minimum absolute atomic E-state index is 0.00368. The van der Waals surface area contributed by atoms with Crippen LogP contribution >= 0.6 is 0 Å². The molecular weight excluding hydrogens is 1170 g/mol. The molecule has 3 rings (SSSR count). The number of aryl methyl sites for hydroxylation is 1. The molecular formula is C64H98F3N11O12. The van der Waals surface area contributed by atoms with E-state index >= 15 is 0 Å². The molecule has 1 aliphatic heterocycles. The molecule has 0 bridgehead atoms. The third-order valence-electron chi connectivity index (χ3n) is 16.4. The summed E-state index contributed by atoms with van der Waals surface area (Å²) in [6, 6.07) is 4.76. The predicted molar refractivity (Wildman–Crippen MR) is 332 cm³/mol. The molecule has 0 spiro atoms. The Bertz CT molecular complexity index is 2820. The third kappa shape index (κ3) is 22.1. The number of hydrogen-bond acceptors (Lipinski definition) is 12. The van der Waals surface area contributed by atoms with Crippen molar-refractivity contribution < 1.29 is 70.6 Å². The van der Waals surface area contributed by atoms with Crippen molar-refractivity contribution in [2.75, 3.05) is 69.0 Å². The Labute approximate surface area is 528 Å². The van der Waals surface area contributed by atoms with Crippen LogP contribution in [-0.2, 0) is 76.7 Å². The predicted octanol–water partition coefficient (Wildman–Crippen LogP) is 3.86. The van der Waals surface area contributed by atoms with E-state index in [2.05, 4.69) is 21.3 Å². The Kier molecular flexibility index (Phi) is 28.9. The fraction of sp³-hybridized carbons (Fsp3) is 0.641. The van der Waals surface area contributed by atoms with Crippen LogP contribution in [0.3, 0.4) is 0 Å². The summed E-state index contributed by atoms with van der Waals surface area (Å²) in [6.07, 6.45) is -5.62. The molecule has 0 aliphatic carbocycles. The van der Waals surface area contributed by atoms with Crippen molar-refractivity contribution >= 4 is 65.0 Å². The van der Waals surface area contributed by atoms with Crippen LogP contribution in [0.5, 0.6) is 0 Å². The van der Waals surface area contributed by atoms with Gasteiger partial charge in [-0.25, -0.2) is 0 Å². The second-order valence-corrected chi connectivity index (χ2v) is 25.4. The first-order valence-corrected chi connectivity index (χ1v) is 30.6. The lowest BCUT2D eigenvalue weighted by Crippen LogP contribution is -2.63. The number of alkyl halides is 3. The number of halogens is 3. The van der Waals surface area contributed by atoms with Gasteiger partial charge >= 0.3 is 6.18 Å². The summed E-state index contributed by atoms with van der Waals surface area (Å²) in [7, 11) is 9.43. The largest absolute Gasteiger partial charge is 0.416 e. The SMILES string of the molecule is CC[C@H](C)[C@@H]1NC(=O)[C@H](C)N(C)C(=O)C[C@@H](C)NC(=O)[C@H](CC(C)C)N(C)C(=O)C(C)(C)NC(=O)[C@@H](CC(C)C)N(C)C(=O)[C@H](CCc2ccc(C(F)(F)F)cc2)NC(=O)CN(C)C(=O)[C@H]([C@@H](C)OCc2ccccc2)N(C)C(=O)CN(C)C(=O)CN(C)C1=O. The van der Waals surface area contributed by atoms with Crippen molar-refractivity contribution in [3.8, 4) is 0 Å². The molecule has 2 aromatic rings. The number of ether oxygens (including phenoxy) is 1. The monoisotopic (exact) mass is 1270 g/mol. The van der Waals surface area contributed by atoms with E-state index in [1.165, 1.54) is 92.0 Å². The Balaban J connectivity index is 2.20. The Morgan fingerprint density at radius 2 is 1.13 bits per heavy atom. The van der Waals surface area contributed by atoms with E-state index in [1.54, 1.807) is 71.9 Å². The van der Waals surface area contributed by atoms with Gasteiger partial charge in [0.05, 0.1) is 37.9 Å². The third-order valence-corrected chi connectivity index (χ3v) is 16.4. The van der Waals surface area contributed by atoms with Crippen molar-refractivity contribution in [2.45, 2.75) is 181 Å². The zero-order chi connectivity index (χ0) is 68.4. The zero-order valence-corrected chi connectivity index (χ0v) is 55.8. The van der Waals surface area contributed by atoms with E-state index in [-0.39, 0.29) is 50.5 Å². The Hall–Kier alpha value is -7.64. The molecule has 0 aromatic heterocycles. The van der Waals surface area contributed by atoms with E-state index in [0.717, 1.165) is 42.2 Å². The van der Waals surface area contributed by atoms with Crippen molar-refractivity contribution in [1.29, 1.82) is 0 Å². The molecule has 2 aromatic carbocycles. The number of benzene rings is 2. The Morgan fingerprint density at radius 1 is 0.589 bits per heavy atom. The smallest absolute Gasteiger partial charge is 0.371 e. The topological polar surface area (TPSA) is 268 Å². The van der Waals surface area contributed by atoms with Gasteiger partial charge in [-0.3, -0.25) is 52.7 Å². The van der Waals surface area contributed by atoms with Crippen LogP contribution in [0.1, 0.15) is 125 Å². The van der Waals surface area contributed by atoms with Crippen molar-refractivity contribution in [3.63, 3.8) is 0 Å². The van der Waals surface area contributed by atoms with Crippen LogP contribution in [0, 0.1) is 17.8 Å². The van der Waals surface area contributed by atoms with Crippen LogP contribution in [-0.4, -0.2) is 222 Å². The molecule has 11 amide bonds. The van der Waals surface area contributed by atoms with Gasteiger partial charge in [-0.1, -0.05) is 90.4 Å².